The average molecular weight is 369 g/mol. The first-order valence-corrected chi connectivity index (χ1v) is 8.83. The highest BCUT2D eigenvalue weighted by Gasteiger charge is 2.16. The highest BCUT2D eigenvalue weighted by atomic mass is 35.5. The van der Waals surface area contributed by atoms with Crippen molar-refractivity contribution in [3.63, 3.8) is 0 Å². The molecule has 2 aromatic heterocycles. The fraction of sp³-hybridized carbons (Fsp3) is 0.0556. The summed E-state index contributed by atoms with van der Waals surface area (Å²) in [5.41, 5.74) is 5.80. The number of hydrogen-bond acceptors (Lipinski definition) is 4. The van der Waals surface area contributed by atoms with Gasteiger partial charge in [0.25, 0.3) is 5.91 Å². The summed E-state index contributed by atoms with van der Waals surface area (Å²) in [6, 6.07) is 12.9. The molecule has 4 aromatic rings. The lowest BCUT2D eigenvalue weighted by Crippen LogP contribution is -2.12. The molecule has 5 nitrogen and oxygen atoms in total. The molecule has 4 rings (SSSR count). The summed E-state index contributed by atoms with van der Waals surface area (Å²) in [7, 11) is 0. The molecule has 2 heterocycles. The van der Waals surface area contributed by atoms with E-state index in [-0.39, 0.29) is 5.91 Å². The molecule has 0 saturated heterocycles. The summed E-state index contributed by atoms with van der Waals surface area (Å²) in [6.07, 6.45) is 0. The van der Waals surface area contributed by atoms with Gasteiger partial charge in [0.15, 0.2) is 5.82 Å². The highest BCUT2D eigenvalue weighted by Crippen LogP contribution is 2.31. The first-order chi connectivity index (χ1) is 12.1. The number of benzene rings is 2. The molecule has 0 bridgehead atoms. The van der Waals surface area contributed by atoms with Crippen molar-refractivity contribution in [1.82, 2.24) is 15.2 Å². The summed E-state index contributed by atoms with van der Waals surface area (Å²) in [4.78, 5) is 16.9. The van der Waals surface area contributed by atoms with Gasteiger partial charge >= 0.3 is 0 Å². The van der Waals surface area contributed by atoms with Crippen LogP contribution in [0, 0.1) is 6.92 Å². The van der Waals surface area contributed by atoms with Crippen LogP contribution in [0.1, 0.15) is 16.1 Å². The lowest BCUT2D eigenvalue weighted by Gasteiger charge is -2.07. The predicted molar refractivity (Wildman–Crippen MR) is 101 cm³/mol. The second-order valence-electron chi connectivity index (χ2n) is 5.57. The van der Waals surface area contributed by atoms with Gasteiger partial charge in [-0.3, -0.25) is 9.89 Å². The second-order valence-corrected chi connectivity index (χ2v) is 6.89. The number of amides is 1. The maximum atomic E-state index is 12.6. The molecule has 0 spiro atoms. The van der Waals surface area contributed by atoms with Crippen molar-refractivity contribution in [3.05, 3.63) is 64.3 Å². The highest BCUT2D eigenvalue weighted by molar-refractivity contribution is 7.16. The maximum Gasteiger partial charge on any atom is 0.256 e. The zero-order valence-corrected chi connectivity index (χ0v) is 14.8. The first kappa shape index (κ1) is 15.8. The zero-order valence-electron chi connectivity index (χ0n) is 13.2. The molecule has 25 heavy (non-hydrogen) atoms. The van der Waals surface area contributed by atoms with Gasteiger partial charge in [0.05, 0.1) is 15.7 Å². The van der Waals surface area contributed by atoms with Gasteiger partial charge in [0.1, 0.15) is 0 Å². The van der Waals surface area contributed by atoms with Gasteiger partial charge in [0.2, 0.25) is 0 Å². The minimum atomic E-state index is -0.218. The Balaban J connectivity index is 1.68. The minimum Gasteiger partial charge on any atom is -0.305 e. The van der Waals surface area contributed by atoms with E-state index in [1.165, 1.54) is 11.3 Å². The van der Waals surface area contributed by atoms with Crippen LogP contribution in [0.4, 0.5) is 5.82 Å². The van der Waals surface area contributed by atoms with Crippen molar-refractivity contribution < 1.29 is 4.79 Å². The Labute approximate surface area is 152 Å². The van der Waals surface area contributed by atoms with Crippen LogP contribution in [-0.2, 0) is 0 Å². The van der Waals surface area contributed by atoms with E-state index in [2.05, 4.69) is 20.5 Å². The topological polar surface area (TPSA) is 70.7 Å². The molecule has 124 valence electrons. The van der Waals surface area contributed by atoms with Gasteiger partial charge in [-0.1, -0.05) is 23.7 Å². The Kier molecular flexibility index (Phi) is 3.99. The van der Waals surface area contributed by atoms with Gasteiger partial charge in [0, 0.05) is 21.8 Å². The lowest BCUT2D eigenvalue weighted by molar-refractivity contribution is 0.102. The molecule has 0 aliphatic heterocycles. The number of hydrogen-bond donors (Lipinski definition) is 2. The van der Waals surface area contributed by atoms with Gasteiger partial charge in [-0.25, -0.2) is 4.98 Å². The quantitative estimate of drug-likeness (QED) is 0.540. The van der Waals surface area contributed by atoms with E-state index < -0.39 is 0 Å². The van der Waals surface area contributed by atoms with Crippen LogP contribution in [0.3, 0.4) is 0 Å². The molecular formula is C18H13ClN4OS. The Morgan fingerprint density at radius 3 is 2.96 bits per heavy atom. The van der Waals surface area contributed by atoms with Gasteiger partial charge in [-0.2, -0.15) is 5.10 Å². The number of carbonyl (C=O) groups is 1. The van der Waals surface area contributed by atoms with E-state index in [9.17, 15) is 4.79 Å². The molecule has 1 amide bonds. The fourth-order valence-corrected chi connectivity index (χ4v) is 3.60. The number of H-pyrrole nitrogens is 1. The Morgan fingerprint density at radius 1 is 1.24 bits per heavy atom. The summed E-state index contributed by atoms with van der Waals surface area (Å²) in [6.45, 7) is 1.91. The van der Waals surface area contributed by atoms with Crippen LogP contribution >= 0.6 is 22.9 Å². The van der Waals surface area contributed by atoms with Crippen LogP contribution in [0.25, 0.3) is 21.3 Å². The van der Waals surface area contributed by atoms with E-state index in [1.807, 2.05) is 43.3 Å². The van der Waals surface area contributed by atoms with Gasteiger partial charge in [-0.05, 0) is 42.8 Å². The summed E-state index contributed by atoms with van der Waals surface area (Å²) in [5, 5.41) is 10.7. The molecule has 0 unspecified atom stereocenters. The molecule has 0 saturated carbocycles. The Morgan fingerprint density at radius 2 is 2.12 bits per heavy atom. The van der Waals surface area contributed by atoms with E-state index in [1.54, 1.807) is 11.6 Å². The normalized spacial score (nSPS) is 11.0. The Hall–Kier alpha value is -2.70. The SMILES string of the molecule is Cc1[nH]nc(NC(=O)c2ccc3ncsc3c2)c1-c1cccc(Cl)c1. The molecule has 0 radical (unpaired) electrons. The van der Waals surface area contributed by atoms with Crippen molar-refractivity contribution in [3.8, 4) is 11.1 Å². The van der Waals surface area contributed by atoms with E-state index in [0.717, 1.165) is 27.0 Å². The first-order valence-electron chi connectivity index (χ1n) is 7.57. The molecule has 7 heteroatoms. The van der Waals surface area contributed by atoms with Crippen LogP contribution in [-0.4, -0.2) is 21.1 Å². The zero-order chi connectivity index (χ0) is 17.4. The van der Waals surface area contributed by atoms with Crippen LogP contribution < -0.4 is 5.32 Å². The summed E-state index contributed by atoms with van der Waals surface area (Å²) >= 11 is 7.59. The third-order valence-electron chi connectivity index (χ3n) is 3.89. The van der Waals surface area contributed by atoms with Crippen molar-refractivity contribution >= 4 is 44.9 Å². The van der Waals surface area contributed by atoms with Crippen molar-refractivity contribution in [2.75, 3.05) is 5.32 Å². The maximum absolute atomic E-state index is 12.6. The third kappa shape index (κ3) is 3.01. The number of nitrogens with zero attached hydrogens (tertiary/aromatic N) is 2. The van der Waals surface area contributed by atoms with Crippen molar-refractivity contribution in [2.24, 2.45) is 0 Å². The fourth-order valence-electron chi connectivity index (χ4n) is 2.69. The van der Waals surface area contributed by atoms with E-state index in [4.69, 9.17) is 11.6 Å². The van der Waals surface area contributed by atoms with Crippen LogP contribution in [0.15, 0.2) is 48.0 Å². The van der Waals surface area contributed by atoms with Crippen LogP contribution in [0.2, 0.25) is 5.02 Å². The number of thiazole rings is 1. The number of aromatic amines is 1. The second kappa shape index (κ2) is 6.31. The molecule has 0 fully saturated rings. The minimum absolute atomic E-state index is 0.218. The standard InChI is InChI=1S/C18H13ClN4OS/c1-10-16(11-3-2-4-13(19)7-11)17(23-22-10)21-18(24)12-5-6-14-15(8-12)25-9-20-14/h2-9H,1H3,(H2,21,22,23,24). The molecule has 2 N–H and O–H groups in total. The molecule has 0 aliphatic carbocycles. The number of aryl methyl sites for hydroxylation is 1. The van der Waals surface area contributed by atoms with E-state index in [0.29, 0.717) is 16.4 Å². The number of fused-ring (bicyclic) bond motifs is 1. The lowest BCUT2D eigenvalue weighted by atomic mass is 10.1. The van der Waals surface area contributed by atoms with Crippen LogP contribution in [0.5, 0.6) is 0 Å². The van der Waals surface area contributed by atoms with Gasteiger partial charge in [-0.15, -0.1) is 11.3 Å². The number of carbonyl (C=O) groups excluding carboxylic acids is 1. The third-order valence-corrected chi connectivity index (χ3v) is 4.91. The summed E-state index contributed by atoms with van der Waals surface area (Å²) in [5.74, 6) is 0.263. The number of nitrogens with one attached hydrogen (secondary N) is 2. The van der Waals surface area contributed by atoms with E-state index >= 15 is 0 Å². The smallest absolute Gasteiger partial charge is 0.256 e. The summed E-state index contributed by atoms with van der Waals surface area (Å²) < 4.78 is 0.973. The number of anilines is 1. The number of rotatable bonds is 3. The molecule has 2 aromatic carbocycles. The van der Waals surface area contributed by atoms with Gasteiger partial charge < -0.3 is 5.32 Å². The molecular weight excluding hydrogens is 356 g/mol. The average Bonchev–Trinajstić information content (AvgIpc) is 3.20. The Bertz CT molecular complexity index is 1090. The van der Waals surface area contributed by atoms with Crippen molar-refractivity contribution in [2.45, 2.75) is 6.92 Å². The van der Waals surface area contributed by atoms with Crippen molar-refractivity contribution in [1.29, 1.82) is 0 Å². The molecule has 0 aliphatic rings. The number of aromatic nitrogens is 3. The molecule has 0 atom stereocenters. The predicted octanol–water partition coefficient (Wildman–Crippen LogP) is 4.90. The number of halogens is 1. The largest absolute Gasteiger partial charge is 0.305 e. The monoisotopic (exact) mass is 368 g/mol.